The molecule has 0 radical (unpaired) electrons. The van der Waals surface area contributed by atoms with Crippen molar-refractivity contribution in [2.75, 3.05) is 6.54 Å². The minimum atomic E-state index is -1.07. The molecule has 0 bridgehead atoms. The lowest BCUT2D eigenvalue weighted by Gasteiger charge is -2.16. The van der Waals surface area contributed by atoms with Gasteiger partial charge in [-0.2, -0.15) is 0 Å². The summed E-state index contributed by atoms with van der Waals surface area (Å²) in [7, 11) is 0. The average Bonchev–Trinajstić information content (AvgIpc) is 2.48. The summed E-state index contributed by atoms with van der Waals surface area (Å²) in [5.74, 6) is -1.53. The van der Waals surface area contributed by atoms with Crippen molar-refractivity contribution in [3.05, 3.63) is 48.3 Å². The van der Waals surface area contributed by atoms with Crippen LogP contribution in [-0.2, 0) is 16.0 Å². The van der Waals surface area contributed by atoms with Gasteiger partial charge in [-0.3, -0.25) is 9.79 Å². The SMILES string of the molecule is O=C(N[C@@H](Cc1ccccc1)C(=O)O)C1=NC=CNC1. The second-order valence-corrected chi connectivity index (χ2v) is 4.33. The fourth-order valence-corrected chi connectivity index (χ4v) is 1.81. The molecule has 1 atom stereocenters. The first-order valence-electron chi connectivity index (χ1n) is 6.19. The first kappa shape index (κ1) is 13.8. The molecule has 6 nitrogen and oxygen atoms in total. The number of aliphatic imine (C=N–C) groups is 1. The van der Waals surface area contributed by atoms with Crippen LogP contribution in [0.2, 0.25) is 0 Å². The maximum Gasteiger partial charge on any atom is 0.326 e. The molecule has 2 rings (SSSR count). The number of hydrogen-bond donors (Lipinski definition) is 3. The van der Waals surface area contributed by atoms with Crippen molar-refractivity contribution < 1.29 is 14.7 Å². The largest absolute Gasteiger partial charge is 0.480 e. The second kappa shape index (κ2) is 6.51. The van der Waals surface area contributed by atoms with Gasteiger partial charge < -0.3 is 15.7 Å². The third-order valence-electron chi connectivity index (χ3n) is 2.84. The first-order chi connectivity index (χ1) is 9.66. The molecule has 0 saturated carbocycles. The topological polar surface area (TPSA) is 90.8 Å². The van der Waals surface area contributed by atoms with Crippen LogP contribution in [0.1, 0.15) is 5.56 Å². The van der Waals surface area contributed by atoms with Gasteiger partial charge in [-0.05, 0) is 5.56 Å². The highest BCUT2D eigenvalue weighted by atomic mass is 16.4. The molecule has 1 aliphatic heterocycles. The summed E-state index contributed by atoms with van der Waals surface area (Å²) >= 11 is 0. The van der Waals surface area contributed by atoms with E-state index in [0.29, 0.717) is 6.54 Å². The predicted octanol–water partition coefficient (Wildman–Crippen LogP) is 0.314. The van der Waals surface area contributed by atoms with E-state index in [1.54, 1.807) is 6.20 Å². The molecule has 3 N–H and O–H groups in total. The number of nitrogens with zero attached hydrogens (tertiary/aromatic N) is 1. The van der Waals surface area contributed by atoms with Crippen LogP contribution in [-0.4, -0.2) is 35.3 Å². The van der Waals surface area contributed by atoms with Gasteiger partial charge in [0.1, 0.15) is 11.8 Å². The van der Waals surface area contributed by atoms with Crippen LogP contribution in [0.25, 0.3) is 0 Å². The lowest BCUT2D eigenvalue weighted by molar-refractivity contribution is -0.141. The Balaban J connectivity index is 2.02. The van der Waals surface area contributed by atoms with Crippen molar-refractivity contribution in [1.29, 1.82) is 0 Å². The van der Waals surface area contributed by atoms with Crippen LogP contribution in [0, 0.1) is 0 Å². The molecule has 0 aliphatic carbocycles. The molecule has 1 aromatic carbocycles. The van der Waals surface area contributed by atoms with Crippen molar-refractivity contribution in [3.8, 4) is 0 Å². The van der Waals surface area contributed by atoms with Gasteiger partial charge in [-0.1, -0.05) is 30.3 Å². The maximum absolute atomic E-state index is 11.9. The van der Waals surface area contributed by atoms with E-state index in [1.165, 1.54) is 6.20 Å². The molecule has 20 heavy (non-hydrogen) atoms. The van der Waals surface area contributed by atoms with E-state index in [0.717, 1.165) is 5.56 Å². The summed E-state index contributed by atoms with van der Waals surface area (Å²) in [5.41, 5.74) is 1.12. The number of carboxylic acid groups (broad SMARTS) is 1. The zero-order valence-corrected chi connectivity index (χ0v) is 10.7. The fourth-order valence-electron chi connectivity index (χ4n) is 1.81. The van der Waals surface area contributed by atoms with E-state index in [4.69, 9.17) is 0 Å². The van der Waals surface area contributed by atoms with Crippen molar-refractivity contribution in [2.45, 2.75) is 12.5 Å². The highest BCUT2D eigenvalue weighted by molar-refractivity contribution is 6.40. The molecule has 1 heterocycles. The molecule has 0 unspecified atom stereocenters. The number of carbonyl (C=O) groups is 2. The van der Waals surface area contributed by atoms with Crippen LogP contribution < -0.4 is 10.6 Å². The van der Waals surface area contributed by atoms with Crippen molar-refractivity contribution in [3.63, 3.8) is 0 Å². The molecular weight excluding hydrogens is 258 g/mol. The molecule has 1 aromatic rings. The van der Waals surface area contributed by atoms with E-state index in [9.17, 15) is 14.7 Å². The highest BCUT2D eigenvalue weighted by Crippen LogP contribution is 2.04. The van der Waals surface area contributed by atoms with Crippen molar-refractivity contribution >= 4 is 17.6 Å². The third-order valence-corrected chi connectivity index (χ3v) is 2.84. The normalized spacial score (nSPS) is 14.9. The number of carbonyl (C=O) groups excluding carboxylic acids is 1. The van der Waals surface area contributed by atoms with Gasteiger partial charge in [0, 0.05) is 18.8 Å². The quantitative estimate of drug-likeness (QED) is 0.720. The fraction of sp³-hybridized carbons (Fsp3) is 0.214. The van der Waals surface area contributed by atoms with E-state index < -0.39 is 17.9 Å². The van der Waals surface area contributed by atoms with Gasteiger partial charge in [0.25, 0.3) is 5.91 Å². The molecule has 1 aliphatic rings. The van der Waals surface area contributed by atoms with Crippen LogP contribution in [0.5, 0.6) is 0 Å². The number of nitrogens with one attached hydrogen (secondary N) is 2. The van der Waals surface area contributed by atoms with Gasteiger partial charge in [0.2, 0.25) is 0 Å². The summed E-state index contributed by atoms with van der Waals surface area (Å²) in [6, 6.07) is 8.19. The van der Waals surface area contributed by atoms with E-state index >= 15 is 0 Å². The summed E-state index contributed by atoms with van der Waals surface area (Å²) < 4.78 is 0. The number of rotatable bonds is 5. The zero-order valence-electron chi connectivity index (χ0n) is 10.7. The first-order valence-corrected chi connectivity index (χ1v) is 6.19. The molecule has 1 amide bonds. The Morgan fingerprint density at radius 1 is 1.35 bits per heavy atom. The van der Waals surface area contributed by atoms with Crippen molar-refractivity contribution in [1.82, 2.24) is 10.6 Å². The lowest BCUT2D eigenvalue weighted by atomic mass is 10.1. The van der Waals surface area contributed by atoms with Crippen molar-refractivity contribution in [2.24, 2.45) is 4.99 Å². The summed E-state index contributed by atoms with van der Waals surface area (Å²) in [4.78, 5) is 27.1. The monoisotopic (exact) mass is 273 g/mol. The molecule has 0 saturated heterocycles. The van der Waals surface area contributed by atoms with Gasteiger partial charge in [-0.15, -0.1) is 0 Å². The van der Waals surface area contributed by atoms with Gasteiger partial charge >= 0.3 is 5.97 Å². The molecule has 6 heteroatoms. The smallest absolute Gasteiger partial charge is 0.326 e. The maximum atomic E-state index is 11.9. The summed E-state index contributed by atoms with van der Waals surface area (Å²) in [6.45, 7) is 0.292. The van der Waals surface area contributed by atoms with Crippen LogP contribution in [0.15, 0.2) is 47.7 Å². The number of amides is 1. The minimum absolute atomic E-state index is 0.235. The highest BCUT2D eigenvalue weighted by Gasteiger charge is 2.23. The number of hydrogen-bond acceptors (Lipinski definition) is 4. The Morgan fingerprint density at radius 2 is 2.10 bits per heavy atom. The van der Waals surface area contributed by atoms with Crippen LogP contribution in [0.3, 0.4) is 0 Å². The van der Waals surface area contributed by atoms with E-state index in [2.05, 4.69) is 15.6 Å². The van der Waals surface area contributed by atoms with Crippen LogP contribution in [0.4, 0.5) is 0 Å². The van der Waals surface area contributed by atoms with Gasteiger partial charge in [-0.25, -0.2) is 4.79 Å². The molecular formula is C14H15N3O3. The number of carboxylic acids is 1. The third kappa shape index (κ3) is 3.68. The van der Waals surface area contributed by atoms with E-state index in [1.807, 2.05) is 30.3 Å². The Labute approximate surface area is 116 Å². The van der Waals surface area contributed by atoms with E-state index in [-0.39, 0.29) is 12.1 Å². The second-order valence-electron chi connectivity index (χ2n) is 4.33. The summed E-state index contributed by atoms with van der Waals surface area (Å²) in [5, 5.41) is 14.5. The zero-order chi connectivity index (χ0) is 14.4. The average molecular weight is 273 g/mol. The molecule has 104 valence electrons. The molecule has 0 fully saturated rings. The summed E-state index contributed by atoms with van der Waals surface area (Å²) in [6.07, 6.45) is 3.32. The molecule has 0 spiro atoms. The predicted molar refractivity (Wildman–Crippen MR) is 74.3 cm³/mol. The van der Waals surface area contributed by atoms with Gasteiger partial charge in [0.05, 0.1) is 6.54 Å². The Hall–Kier alpha value is -2.63. The molecule has 0 aromatic heterocycles. The lowest BCUT2D eigenvalue weighted by Crippen LogP contribution is -2.47. The van der Waals surface area contributed by atoms with Gasteiger partial charge in [0.15, 0.2) is 0 Å². The Bertz CT molecular complexity index is 552. The minimum Gasteiger partial charge on any atom is -0.480 e. The standard InChI is InChI=1S/C14H15N3O3/c18-13(12-9-15-6-7-16-12)17-11(14(19)20)8-10-4-2-1-3-5-10/h1-7,11,15H,8-9H2,(H,17,18)(H,19,20)/t11-/m0/s1. The number of aliphatic carboxylic acids is 1. The van der Waals surface area contributed by atoms with Crippen LogP contribution >= 0.6 is 0 Å². The Morgan fingerprint density at radius 3 is 2.70 bits per heavy atom. The number of benzene rings is 1. The Kier molecular flexibility index (Phi) is 4.49.